The van der Waals surface area contributed by atoms with Gasteiger partial charge in [0.2, 0.25) is 0 Å². The number of carbonyl (C=O) groups is 2. The topological polar surface area (TPSA) is 154 Å². The number of ether oxygens (including phenoxy) is 2. The van der Waals surface area contributed by atoms with Crippen molar-refractivity contribution < 1.29 is 19.1 Å². The quantitative estimate of drug-likeness (QED) is 0.138. The molecule has 0 aliphatic carbocycles. The van der Waals surface area contributed by atoms with E-state index in [4.69, 9.17) is 9.47 Å². The lowest BCUT2D eigenvalue weighted by molar-refractivity contribution is -0.169. The van der Waals surface area contributed by atoms with Crippen LogP contribution >= 0.6 is 0 Å². The second-order valence-corrected chi connectivity index (χ2v) is 14.4. The van der Waals surface area contributed by atoms with Crippen LogP contribution in [0.25, 0.3) is 0 Å². The maximum Gasteiger partial charge on any atom is 0.417 e. The van der Waals surface area contributed by atoms with Crippen molar-refractivity contribution in [3.63, 3.8) is 0 Å². The average molecular weight is 771 g/mol. The van der Waals surface area contributed by atoms with E-state index in [1.807, 2.05) is 70.5 Å². The number of nitrogens with zero attached hydrogens (tertiary/aromatic N) is 8. The molecule has 2 fully saturated rings. The largest absolute Gasteiger partial charge is 0.456 e. The van der Waals surface area contributed by atoms with E-state index >= 15 is 0 Å². The van der Waals surface area contributed by atoms with Gasteiger partial charge in [0.05, 0.1) is 0 Å². The van der Waals surface area contributed by atoms with Crippen LogP contribution in [-0.4, -0.2) is 118 Å². The number of anilines is 2. The highest BCUT2D eigenvalue weighted by Gasteiger charge is 2.31. The minimum atomic E-state index is -1.06. The smallest absolute Gasteiger partial charge is 0.417 e. The van der Waals surface area contributed by atoms with Crippen LogP contribution in [0.5, 0.6) is 0 Å². The Morgan fingerprint density at radius 3 is 1.20 bits per heavy atom. The van der Waals surface area contributed by atoms with Gasteiger partial charge in [0.1, 0.15) is 24.8 Å². The molecule has 0 bridgehead atoms. The fraction of sp³-hybridized carbons (Fsp3) is 0.450. The van der Waals surface area contributed by atoms with Crippen molar-refractivity contribution >= 4 is 23.6 Å². The lowest BCUT2D eigenvalue weighted by Gasteiger charge is -2.40. The zero-order valence-corrected chi connectivity index (χ0v) is 32.4. The highest BCUT2D eigenvalue weighted by molar-refractivity contribution is 6.29. The third-order valence-corrected chi connectivity index (χ3v) is 10.9. The molecule has 0 amide bonds. The van der Waals surface area contributed by atoms with Crippen molar-refractivity contribution in [1.29, 1.82) is 0 Å². The van der Waals surface area contributed by atoms with Gasteiger partial charge in [-0.3, -0.25) is 37.7 Å². The van der Waals surface area contributed by atoms with Crippen LogP contribution in [0.3, 0.4) is 0 Å². The summed E-state index contributed by atoms with van der Waals surface area (Å²) in [5, 5.41) is 0. The summed E-state index contributed by atoms with van der Waals surface area (Å²) in [5.74, 6) is -1.03. The van der Waals surface area contributed by atoms with Gasteiger partial charge in [0.15, 0.2) is 0 Å². The first-order chi connectivity index (χ1) is 26.9. The fourth-order valence-corrected chi connectivity index (χ4v) is 7.50. The molecule has 298 valence electrons. The van der Waals surface area contributed by atoms with Gasteiger partial charge in [-0.25, -0.2) is 19.2 Å². The first-order valence-electron chi connectivity index (χ1n) is 18.8. The molecule has 2 saturated heterocycles. The molecule has 4 heterocycles. The van der Waals surface area contributed by atoms with Crippen molar-refractivity contribution in [2.24, 2.45) is 28.2 Å². The molecule has 2 unspecified atom stereocenters. The van der Waals surface area contributed by atoms with E-state index in [1.54, 1.807) is 14.1 Å². The Labute approximate surface area is 324 Å². The van der Waals surface area contributed by atoms with Gasteiger partial charge in [-0.1, -0.05) is 60.7 Å². The Hall–Kier alpha value is -5.74. The highest BCUT2D eigenvalue weighted by atomic mass is 16.6. The summed E-state index contributed by atoms with van der Waals surface area (Å²) in [6, 6.07) is 22.1. The van der Waals surface area contributed by atoms with E-state index in [0.717, 1.165) is 20.3 Å². The summed E-state index contributed by atoms with van der Waals surface area (Å²) in [6.45, 7) is 4.41. The Bertz CT molecular complexity index is 2080. The molecular formula is C40H50N8O8. The van der Waals surface area contributed by atoms with Gasteiger partial charge in [-0.05, 0) is 24.0 Å². The molecule has 16 heteroatoms. The van der Waals surface area contributed by atoms with E-state index in [2.05, 4.69) is 9.80 Å². The molecule has 2 aromatic heterocycles. The van der Waals surface area contributed by atoms with E-state index in [-0.39, 0.29) is 36.4 Å². The van der Waals surface area contributed by atoms with Gasteiger partial charge < -0.3 is 19.3 Å². The van der Waals surface area contributed by atoms with Crippen LogP contribution in [-0.2, 0) is 60.1 Å². The summed E-state index contributed by atoms with van der Waals surface area (Å²) in [7, 11) is 6.20. The van der Waals surface area contributed by atoms with Gasteiger partial charge in [-0.15, -0.1) is 0 Å². The Morgan fingerprint density at radius 1 is 0.518 bits per heavy atom. The zero-order valence-electron chi connectivity index (χ0n) is 32.4. The number of hydrogen-bond donors (Lipinski definition) is 0. The standard InChI is InChI=1S/C40H50N8O8/c1-41-33(25-35(49)43(3)39(41)53)47-19-15-45(16-20-47)31(23-29-11-7-5-8-12-29)27-55-37(51)38(52)56-28-32(24-30-13-9-6-10-14-30)46-17-21-48(22-18-46)34-26-36(50)44(4)40(54)42(34)2/h5-14,25-26,31-32H,15-24,27-28H2,1-4H3. The van der Waals surface area contributed by atoms with Crippen LogP contribution < -0.4 is 32.3 Å². The number of hydrogen-bond acceptors (Lipinski definition) is 12. The Kier molecular flexibility index (Phi) is 12.7. The number of esters is 2. The number of carbonyl (C=O) groups excluding carboxylic acids is 2. The first-order valence-corrected chi connectivity index (χ1v) is 18.8. The molecule has 0 N–H and O–H groups in total. The summed E-state index contributed by atoms with van der Waals surface area (Å²) < 4.78 is 16.3. The number of piperazine rings is 2. The van der Waals surface area contributed by atoms with Gasteiger partial charge in [0, 0.05) is 105 Å². The zero-order chi connectivity index (χ0) is 39.9. The van der Waals surface area contributed by atoms with Crippen molar-refractivity contribution in [3.8, 4) is 0 Å². The summed E-state index contributed by atoms with van der Waals surface area (Å²) in [6.07, 6.45) is 1.15. The minimum absolute atomic E-state index is 0.0340. The van der Waals surface area contributed by atoms with E-state index in [1.165, 1.54) is 35.4 Å². The van der Waals surface area contributed by atoms with Crippen molar-refractivity contribution in [1.82, 2.24) is 28.1 Å². The van der Waals surface area contributed by atoms with Crippen LogP contribution in [0.15, 0.2) is 92.0 Å². The van der Waals surface area contributed by atoms with E-state index in [0.29, 0.717) is 76.8 Å². The van der Waals surface area contributed by atoms with Crippen molar-refractivity contribution in [2.45, 2.75) is 24.9 Å². The second-order valence-electron chi connectivity index (χ2n) is 14.4. The van der Waals surface area contributed by atoms with E-state index in [9.17, 15) is 28.8 Å². The van der Waals surface area contributed by atoms with Crippen molar-refractivity contribution in [3.05, 3.63) is 126 Å². The number of aromatic nitrogens is 4. The number of rotatable bonds is 12. The molecule has 2 aliphatic heterocycles. The summed E-state index contributed by atoms with van der Waals surface area (Å²) in [4.78, 5) is 84.6. The van der Waals surface area contributed by atoms with Crippen LogP contribution in [0, 0.1) is 0 Å². The monoisotopic (exact) mass is 770 g/mol. The lowest BCUT2D eigenvalue weighted by atomic mass is 10.0. The molecule has 6 rings (SSSR count). The molecule has 2 aromatic carbocycles. The van der Waals surface area contributed by atoms with Gasteiger partial charge >= 0.3 is 23.3 Å². The third kappa shape index (κ3) is 9.20. The normalized spacial score (nSPS) is 16.4. The van der Waals surface area contributed by atoms with E-state index < -0.39 is 23.3 Å². The molecule has 0 saturated carbocycles. The average Bonchev–Trinajstić information content (AvgIpc) is 3.22. The molecule has 2 aliphatic rings. The van der Waals surface area contributed by atoms with Gasteiger partial charge in [0.25, 0.3) is 11.1 Å². The summed E-state index contributed by atoms with van der Waals surface area (Å²) in [5.41, 5.74) is 0.576. The van der Waals surface area contributed by atoms with Crippen LogP contribution in [0.1, 0.15) is 11.1 Å². The SMILES string of the molecule is Cn1c(N2CCN(C(COC(=O)C(=O)OCC(Cc3ccccc3)N3CCN(c4cc(=O)n(C)c(=O)n4C)CC3)Cc3ccccc3)CC2)cc(=O)n(C)c1=O. The molecule has 4 aromatic rings. The molecule has 2 atom stereocenters. The van der Waals surface area contributed by atoms with Crippen molar-refractivity contribution in [2.75, 3.05) is 75.4 Å². The first kappa shape index (κ1) is 39.9. The predicted molar refractivity (Wildman–Crippen MR) is 211 cm³/mol. The highest BCUT2D eigenvalue weighted by Crippen LogP contribution is 2.19. The Balaban J connectivity index is 1.08. The third-order valence-electron chi connectivity index (χ3n) is 10.9. The van der Waals surface area contributed by atoms with Crippen LogP contribution in [0.4, 0.5) is 11.6 Å². The molecule has 16 nitrogen and oxygen atoms in total. The molecule has 0 spiro atoms. The maximum atomic E-state index is 13.1. The fourth-order valence-electron chi connectivity index (χ4n) is 7.50. The Morgan fingerprint density at radius 2 is 0.857 bits per heavy atom. The van der Waals surface area contributed by atoms with Crippen LogP contribution in [0.2, 0.25) is 0 Å². The molecule has 56 heavy (non-hydrogen) atoms. The number of benzene rings is 2. The predicted octanol–water partition coefficient (Wildman–Crippen LogP) is -0.265. The maximum absolute atomic E-state index is 13.1. The lowest BCUT2D eigenvalue weighted by Crippen LogP contribution is -2.54. The summed E-state index contributed by atoms with van der Waals surface area (Å²) >= 11 is 0. The molecular weight excluding hydrogens is 720 g/mol. The van der Waals surface area contributed by atoms with Gasteiger partial charge in [-0.2, -0.15) is 0 Å². The molecule has 0 radical (unpaired) electrons. The minimum Gasteiger partial charge on any atom is -0.456 e. The second kappa shape index (κ2) is 17.8.